The Hall–Kier alpha value is -2.10. The predicted molar refractivity (Wildman–Crippen MR) is 121 cm³/mol. The van der Waals surface area contributed by atoms with Crippen molar-refractivity contribution in [1.82, 2.24) is 18.3 Å². The summed E-state index contributed by atoms with van der Waals surface area (Å²) < 4.78 is 13.8. The molecule has 0 unspecified atom stereocenters. The lowest BCUT2D eigenvalue weighted by Crippen LogP contribution is -2.46. The average Bonchev–Trinajstić information content (AvgIpc) is 3.31. The number of piperazine rings is 1. The minimum absolute atomic E-state index is 0.141. The minimum Gasteiger partial charge on any atom is -0.454 e. The molecule has 0 N–H and O–H groups in total. The van der Waals surface area contributed by atoms with Gasteiger partial charge in [-0.2, -0.15) is 0 Å². The Bertz CT molecular complexity index is 988. The first-order chi connectivity index (χ1) is 15.0. The van der Waals surface area contributed by atoms with Crippen molar-refractivity contribution in [3.05, 3.63) is 43.9 Å². The van der Waals surface area contributed by atoms with Gasteiger partial charge < -0.3 is 14.4 Å². The van der Waals surface area contributed by atoms with Crippen LogP contribution in [0.15, 0.2) is 27.8 Å². The van der Waals surface area contributed by atoms with Crippen molar-refractivity contribution >= 4 is 11.5 Å². The summed E-state index contributed by atoms with van der Waals surface area (Å²) in [4.78, 5) is 29.2. The Morgan fingerprint density at radius 3 is 2.45 bits per heavy atom. The van der Waals surface area contributed by atoms with Crippen LogP contribution in [0.5, 0.6) is 11.5 Å². The van der Waals surface area contributed by atoms with E-state index >= 15 is 0 Å². The van der Waals surface area contributed by atoms with Crippen LogP contribution in [0.3, 0.4) is 0 Å². The molecule has 31 heavy (non-hydrogen) atoms. The van der Waals surface area contributed by atoms with E-state index < -0.39 is 0 Å². The molecular formula is C22H32N4O4S. The van der Waals surface area contributed by atoms with Gasteiger partial charge in [0.25, 0.3) is 0 Å². The highest BCUT2D eigenvalue weighted by molar-refractivity contribution is 7.03. The number of ether oxygens (including phenoxy) is 2. The third-order valence-electron chi connectivity index (χ3n) is 5.79. The van der Waals surface area contributed by atoms with Crippen LogP contribution >= 0.6 is 11.5 Å². The maximum Gasteiger partial charge on any atom is 0.341 e. The second-order valence-corrected chi connectivity index (χ2v) is 9.73. The van der Waals surface area contributed by atoms with E-state index in [0.29, 0.717) is 19.9 Å². The van der Waals surface area contributed by atoms with Gasteiger partial charge in [-0.05, 0) is 43.0 Å². The quantitative estimate of drug-likeness (QED) is 0.547. The SMILES string of the molecule is CC(C)Cn1c(=O)sn(CCCCN2CCN(Cc3ccc4c(c3)OCO4)CC2)c1=O. The normalized spacial score (nSPS) is 17.0. The molecule has 1 aromatic heterocycles. The zero-order valence-electron chi connectivity index (χ0n) is 18.4. The van der Waals surface area contributed by atoms with Crippen LogP contribution in [0.25, 0.3) is 0 Å². The maximum atomic E-state index is 12.4. The molecule has 0 bridgehead atoms. The van der Waals surface area contributed by atoms with E-state index in [1.807, 2.05) is 19.9 Å². The maximum absolute atomic E-state index is 12.4. The molecule has 0 atom stereocenters. The number of hydrogen-bond donors (Lipinski definition) is 0. The fourth-order valence-electron chi connectivity index (χ4n) is 4.11. The molecule has 2 aliphatic heterocycles. The first-order valence-corrected chi connectivity index (χ1v) is 11.9. The highest BCUT2D eigenvalue weighted by atomic mass is 32.1. The van der Waals surface area contributed by atoms with Crippen LogP contribution in [-0.2, 0) is 19.6 Å². The summed E-state index contributed by atoms with van der Waals surface area (Å²) in [6.45, 7) is 11.7. The fourth-order valence-corrected chi connectivity index (χ4v) is 4.95. The van der Waals surface area contributed by atoms with E-state index in [-0.39, 0.29) is 16.5 Å². The molecule has 9 heteroatoms. The Balaban J connectivity index is 1.17. The molecule has 1 aromatic carbocycles. The van der Waals surface area contributed by atoms with Crippen molar-refractivity contribution in [3.8, 4) is 11.5 Å². The summed E-state index contributed by atoms with van der Waals surface area (Å²) >= 11 is 1.05. The molecule has 3 heterocycles. The third kappa shape index (κ3) is 5.58. The molecule has 0 radical (unpaired) electrons. The largest absolute Gasteiger partial charge is 0.454 e. The van der Waals surface area contributed by atoms with Gasteiger partial charge in [-0.15, -0.1) is 0 Å². The molecule has 0 saturated carbocycles. The predicted octanol–water partition coefficient (Wildman–Crippen LogP) is 2.05. The van der Waals surface area contributed by atoms with Gasteiger partial charge >= 0.3 is 10.6 Å². The van der Waals surface area contributed by atoms with E-state index in [2.05, 4.69) is 21.9 Å². The number of hydrogen-bond acceptors (Lipinski definition) is 7. The molecular weight excluding hydrogens is 416 g/mol. The summed E-state index contributed by atoms with van der Waals surface area (Å²) in [6, 6.07) is 6.19. The number of unbranched alkanes of at least 4 members (excludes halogenated alkanes) is 1. The highest BCUT2D eigenvalue weighted by Gasteiger charge is 2.19. The molecule has 0 spiro atoms. The minimum atomic E-state index is -0.152. The van der Waals surface area contributed by atoms with Crippen molar-refractivity contribution in [2.45, 2.75) is 46.3 Å². The number of aromatic nitrogens is 2. The molecule has 8 nitrogen and oxygen atoms in total. The second-order valence-electron chi connectivity index (χ2n) is 8.76. The van der Waals surface area contributed by atoms with Gasteiger partial charge in [0.2, 0.25) is 6.79 Å². The second kappa shape index (κ2) is 10.0. The fraction of sp³-hybridized carbons (Fsp3) is 0.636. The lowest BCUT2D eigenvalue weighted by Gasteiger charge is -2.34. The summed E-state index contributed by atoms with van der Waals surface area (Å²) in [5.74, 6) is 1.97. The van der Waals surface area contributed by atoms with Crippen LogP contribution < -0.4 is 20.0 Å². The van der Waals surface area contributed by atoms with Gasteiger partial charge in [0.15, 0.2) is 11.5 Å². The van der Waals surface area contributed by atoms with E-state index in [9.17, 15) is 9.59 Å². The van der Waals surface area contributed by atoms with Crippen LogP contribution in [-0.4, -0.2) is 57.8 Å². The molecule has 0 aliphatic carbocycles. The van der Waals surface area contributed by atoms with E-state index in [1.54, 1.807) is 3.96 Å². The Morgan fingerprint density at radius 1 is 0.968 bits per heavy atom. The molecule has 2 aliphatic rings. The van der Waals surface area contributed by atoms with Crippen LogP contribution in [0.4, 0.5) is 0 Å². The van der Waals surface area contributed by atoms with Crippen molar-refractivity contribution in [2.75, 3.05) is 39.5 Å². The lowest BCUT2D eigenvalue weighted by atomic mass is 10.1. The summed E-state index contributed by atoms with van der Waals surface area (Å²) in [7, 11) is 0. The van der Waals surface area contributed by atoms with E-state index in [4.69, 9.17) is 9.47 Å². The third-order valence-corrected chi connectivity index (χ3v) is 6.73. The van der Waals surface area contributed by atoms with Crippen LogP contribution in [0.1, 0.15) is 32.3 Å². The number of nitrogens with zero attached hydrogens (tertiary/aromatic N) is 4. The van der Waals surface area contributed by atoms with Gasteiger partial charge in [0.05, 0.1) is 0 Å². The van der Waals surface area contributed by atoms with Crippen LogP contribution in [0.2, 0.25) is 0 Å². The lowest BCUT2D eigenvalue weighted by molar-refractivity contribution is 0.125. The summed E-state index contributed by atoms with van der Waals surface area (Å²) in [6.07, 6.45) is 1.95. The summed E-state index contributed by atoms with van der Waals surface area (Å²) in [5, 5.41) is 0. The molecule has 2 aromatic rings. The van der Waals surface area contributed by atoms with Crippen molar-refractivity contribution in [1.29, 1.82) is 0 Å². The van der Waals surface area contributed by atoms with Gasteiger partial charge in [-0.3, -0.25) is 9.69 Å². The van der Waals surface area contributed by atoms with E-state index in [1.165, 1.54) is 10.1 Å². The van der Waals surface area contributed by atoms with Gasteiger partial charge in [-0.1, -0.05) is 19.9 Å². The number of aryl methyl sites for hydroxylation is 1. The number of rotatable bonds is 9. The monoisotopic (exact) mass is 448 g/mol. The zero-order valence-corrected chi connectivity index (χ0v) is 19.2. The van der Waals surface area contributed by atoms with Gasteiger partial charge in [-0.25, -0.2) is 13.3 Å². The van der Waals surface area contributed by atoms with Crippen molar-refractivity contribution in [2.24, 2.45) is 5.92 Å². The first kappa shape index (κ1) is 22.1. The Labute approximate surface area is 186 Å². The Morgan fingerprint density at radius 2 is 1.68 bits per heavy atom. The highest BCUT2D eigenvalue weighted by Crippen LogP contribution is 2.32. The number of fused-ring (bicyclic) bond motifs is 1. The summed E-state index contributed by atoms with van der Waals surface area (Å²) in [5.41, 5.74) is 1.10. The molecule has 1 saturated heterocycles. The molecule has 170 valence electrons. The zero-order chi connectivity index (χ0) is 21.8. The van der Waals surface area contributed by atoms with Crippen molar-refractivity contribution in [3.63, 3.8) is 0 Å². The van der Waals surface area contributed by atoms with Crippen molar-refractivity contribution < 1.29 is 9.47 Å². The standard InChI is InChI=1S/C22H32N4O4S/c1-17(2)14-25-21(27)26(31-22(25)28)8-4-3-7-23-9-11-24(12-10-23)15-18-5-6-19-20(13-18)30-16-29-19/h5-6,13,17H,3-4,7-12,14-16H2,1-2H3. The molecule has 4 rings (SSSR count). The Kier molecular flexibility index (Phi) is 7.14. The molecule has 1 fully saturated rings. The van der Waals surface area contributed by atoms with E-state index in [0.717, 1.165) is 75.1 Å². The van der Waals surface area contributed by atoms with Crippen LogP contribution in [0, 0.1) is 5.92 Å². The first-order valence-electron chi connectivity index (χ1n) is 11.1. The van der Waals surface area contributed by atoms with Gasteiger partial charge in [0, 0.05) is 57.3 Å². The average molecular weight is 449 g/mol. The number of benzene rings is 1. The topological polar surface area (TPSA) is 68.9 Å². The smallest absolute Gasteiger partial charge is 0.341 e. The van der Waals surface area contributed by atoms with Gasteiger partial charge in [0.1, 0.15) is 0 Å². The molecule has 0 amide bonds.